The molecule has 6 rings (SSSR count). The van der Waals surface area contributed by atoms with Crippen molar-refractivity contribution < 1.29 is 14.3 Å². The normalized spacial score (nSPS) is 30.3. The molecule has 29 heavy (non-hydrogen) atoms. The van der Waals surface area contributed by atoms with E-state index in [-0.39, 0.29) is 23.7 Å². The van der Waals surface area contributed by atoms with Gasteiger partial charge in [-0.2, -0.15) is 0 Å². The molecule has 4 bridgehead atoms. The van der Waals surface area contributed by atoms with Crippen LogP contribution in [0, 0.1) is 29.1 Å². The lowest BCUT2D eigenvalue weighted by Crippen LogP contribution is -2.50. The molecule has 4 aliphatic rings. The molecule has 0 radical (unpaired) electrons. The Morgan fingerprint density at radius 2 is 1.76 bits per heavy atom. The summed E-state index contributed by atoms with van der Waals surface area (Å²) in [6.07, 6.45) is 7.07. The number of carbonyl (C=O) groups is 2. The number of methoxy groups -OCH3 is 1. The van der Waals surface area contributed by atoms with Gasteiger partial charge in [0.2, 0.25) is 5.78 Å². The van der Waals surface area contributed by atoms with E-state index in [2.05, 4.69) is 4.98 Å². The molecule has 0 atom stereocenters. The first kappa shape index (κ1) is 18.8. The summed E-state index contributed by atoms with van der Waals surface area (Å²) in [5, 5.41) is 0. The summed E-state index contributed by atoms with van der Waals surface area (Å²) in [6.45, 7) is 4.00. The second kappa shape index (κ2) is 6.68. The predicted octanol–water partition coefficient (Wildman–Crippen LogP) is 4.67. The Hall–Kier alpha value is -2.17. The highest BCUT2D eigenvalue weighted by atomic mass is 16.5. The molecule has 1 heterocycles. The molecule has 0 saturated heterocycles. The van der Waals surface area contributed by atoms with Crippen LogP contribution in [0.15, 0.2) is 18.2 Å². The summed E-state index contributed by atoms with van der Waals surface area (Å²) in [5.74, 6) is 3.41. The quantitative estimate of drug-likeness (QED) is 0.668. The van der Waals surface area contributed by atoms with Gasteiger partial charge in [0.05, 0.1) is 24.7 Å². The summed E-state index contributed by atoms with van der Waals surface area (Å²) in [5.41, 5.74) is 1.38. The summed E-state index contributed by atoms with van der Waals surface area (Å²) in [6, 6.07) is 5.62. The van der Waals surface area contributed by atoms with Crippen molar-refractivity contribution in [1.29, 1.82) is 0 Å². The fourth-order valence-electron chi connectivity index (χ4n) is 6.60. The highest BCUT2D eigenvalue weighted by Gasteiger charge is 2.54. The molecular formula is C24H30N2O3. The second-order valence-corrected chi connectivity index (χ2v) is 10.0. The SMILES string of the molecule is COc1ccc2nc(C(=O)C(C)C)n(CC(=O)C34CC5CC(CC(C5)C3)C4)c2c1. The zero-order chi connectivity index (χ0) is 20.3. The number of carbonyl (C=O) groups excluding carboxylic acids is 2. The van der Waals surface area contributed by atoms with E-state index in [4.69, 9.17) is 4.74 Å². The van der Waals surface area contributed by atoms with Crippen LogP contribution >= 0.6 is 0 Å². The van der Waals surface area contributed by atoms with Crippen LogP contribution in [0.4, 0.5) is 0 Å². The number of benzene rings is 1. The molecule has 1 aromatic heterocycles. The van der Waals surface area contributed by atoms with Crippen molar-refractivity contribution in [3.8, 4) is 5.75 Å². The molecule has 4 fully saturated rings. The Morgan fingerprint density at radius 1 is 1.14 bits per heavy atom. The van der Waals surface area contributed by atoms with E-state index in [0.717, 1.165) is 48.0 Å². The van der Waals surface area contributed by atoms with Gasteiger partial charge in [-0.1, -0.05) is 13.8 Å². The third-order valence-corrected chi connectivity index (χ3v) is 7.63. The summed E-state index contributed by atoms with van der Waals surface area (Å²) < 4.78 is 7.25. The van der Waals surface area contributed by atoms with Crippen LogP contribution in [-0.4, -0.2) is 28.2 Å². The zero-order valence-corrected chi connectivity index (χ0v) is 17.6. The summed E-state index contributed by atoms with van der Waals surface area (Å²) in [4.78, 5) is 31.2. The molecule has 154 valence electrons. The highest BCUT2D eigenvalue weighted by molar-refractivity contribution is 5.99. The smallest absolute Gasteiger partial charge is 0.200 e. The van der Waals surface area contributed by atoms with Gasteiger partial charge in [-0.3, -0.25) is 9.59 Å². The van der Waals surface area contributed by atoms with Crippen LogP contribution in [0.1, 0.15) is 63.0 Å². The average molecular weight is 395 g/mol. The standard InChI is InChI=1S/C24H30N2O3/c1-14(2)22(28)23-25-19-5-4-18(29-3)9-20(19)26(23)13-21(27)24-10-15-6-16(11-24)8-17(7-15)12-24/h4-5,9,14-17H,6-8,10-13H2,1-3H3. The third kappa shape index (κ3) is 3.01. The lowest BCUT2D eigenvalue weighted by molar-refractivity contribution is -0.144. The number of hydrogen-bond acceptors (Lipinski definition) is 4. The minimum atomic E-state index is -0.178. The highest BCUT2D eigenvalue weighted by Crippen LogP contribution is 2.60. The minimum absolute atomic E-state index is 0.0153. The number of hydrogen-bond donors (Lipinski definition) is 0. The first-order chi connectivity index (χ1) is 13.9. The van der Waals surface area contributed by atoms with Crippen molar-refractivity contribution in [3.05, 3.63) is 24.0 Å². The van der Waals surface area contributed by atoms with Crippen LogP contribution in [0.2, 0.25) is 0 Å². The molecule has 0 unspecified atom stereocenters. The van der Waals surface area contributed by atoms with Crippen molar-refractivity contribution in [2.24, 2.45) is 29.1 Å². The van der Waals surface area contributed by atoms with Crippen LogP contribution in [0.5, 0.6) is 5.75 Å². The second-order valence-electron chi connectivity index (χ2n) is 10.0. The van der Waals surface area contributed by atoms with Crippen molar-refractivity contribution in [3.63, 3.8) is 0 Å². The average Bonchev–Trinajstić information content (AvgIpc) is 3.03. The topological polar surface area (TPSA) is 61.2 Å². The lowest BCUT2D eigenvalue weighted by atomic mass is 9.48. The van der Waals surface area contributed by atoms with Crippen LogP contribution in [-0.2, 0) is 11.3 Å². The number of Topliss-reactive ketones (excluding diaryl/α,β-unsaturated/α-hetero) is 2. The Morgan fingerprint density at radius 3 is 2.31 bits per heavy atom. The molecular weight excluding hydrogens is 364 g/mol. The minimum Gasteiger partial charge on any atom is -0.497 e. The Bertz CT molecular complexity index is 952. The molecule has 5 heteroatoms. The van der Waals surface area contributed by atoms with Crippen LogP contribution in [0.25, 0.3) is 11.0 Å². The van der Waals surface area contributed by atoms with E-state index >= 15 is 0 Å². The van der Waals surface area contributed by atoms with Crippen molar-refractivity contribution >= 4 is 22.6 Å². The first-order valence-corrected chi connectivity index (χ1v) is 11.0. The molecule has 0 spiro atoms. The number of nitrogens with zero attached hydrogens (tertiary/aromatic N) is 2. The van der Waals surface area contributed by atoms with E-state index in [9.17, 15) is 9.59 Å². The van der Waals surface area contributed by atoms with Gasteiger partial charge in [0, 0.05) is 17.4 Å². The fraction of sp³-hybridized carbons (Fsp3) is 0.625. The lowest BCUT2D eigenvalue weighted by Gasteiger charge is -2.56. The molecule has 4 saturated carbocycles. The van der Waals surface area contributed by atoms with Crippen LogP contribution < -0.4 is 4.74 Å². The molecule has 2 aromatic rings. The van der Waals surface area contributed by atoms with E-state index in [1.54, 1.807) is 7.11 Å². The van der Waals surface area contributed by atoms with E-state index in [1.165, 1.54) is 19.3 Å². The van der Waals surface area contributed by atoms with Crippen LogP contribution in [0.3, 0.4) is 0 Å². The third-order valence-electron chi connectivity index (χ3n) is 7.63. The maximum absolute atomic E-state index is 13.7. The van der Waals surface area contributed by atoms with E-state index in [1.807, 2.05) is 36.6 Å². The van der Waals surface area contributed by atoms with Gasteiger partial charge >= 0.3 is 0 Å². The maximum atomic E-state index is 13.7. The molecule has 4 aliphatic carbocycles. The number of rotatable bonds is 6. The molecule has 1 aromatic carbocycles. The number of fused-ring (bicyclic) bond motifs is 1. The summed E-state index contributed by atoms with van der Waals surface area (Å²) >= 11 is 0. The Labute approximate surface area is 171 Å². The molecule has 0 amide bonds. The Kier molecular flexibility index (Phi) is 4.34. The first-order valence-electron chi connectivity index (χ1n) is 11.0. The fourth-order valence-corrected chi connectivity index (χ4v) is 6.60. The number of aromatic nitrogens is 2. The van der Waals surface area contributed by atoms with Gasteiger partial charge in [-0.15, -0.1) is 0 Å². The summed E-state index contributed by atoms with van der Waals surface area (Å²) in [7, 11) is 1.63. The van der Waals surface area contributed by atoms with Gasteiger partial charge < -0.3 is 9.30 Å². The van der Waals surface area contributed by atoms with Gasteiger partial charge in [-0.25, -0.2) is 4.98 Å². The number of imidazole rings is 1. The largest absolute Gasteiger partial charge is 0.497 e. The van der Waals surface area contributed by atoms with E-state index in [0.29, 0.717) is 17.4 Å². The van der Waals surface area contributed by atoms with Gasteiger partial charge in [-0.05, 0) is 68.4 Å². The maximum Gasteiger partial charge on any atom is 0.200 e. The number of ether oxygens (including phenoxy) is 1. The van der Waals surface area contributed by atoms with Gasteiger partial charge in [0.25, 0.3) is 0 Å². The predicted molar refractivity (Wildman–Crippen MR) is 111 cm³/mol. The zero-order valence-electron chi connectivity index (χ0n) is 17.6. The molecule has 5 nitrogen and oxygen atoms in total. The van der Waals surface area contributed by atoms with Crippen molar-refractivity contribution in [1.82, 2.24) is 9.55 Å². The monoisotopic (exact) mass is 394 g/mol. The Balaban J connectivity index is 1.54. The van der Waals surface area contributed by atoms with Gasteiger partial charge in [0.1, 0.15) is 5.75 Å². The molecule has 0 aliphatic heterocycles. The van der Waals surface area contributed by atoms with E-state index < -0.39 is 0 Å². The molecule has 0 N–H and O–H groups in total. The van der Waals surface area contributed by atoms with Crippen molar-refractivity contribution in [2.45, 2.75) is 58.9 Å². The van der Waals surface area contributed by atoms with Crippen molar-refractivity contribution in [2.75, 3.05) is 7.11 Å². The number of ketones is 2. The van der Waals surface area contributed by atoms with Gasteiger partial charge in [0.15, 0.2) is 11.6 Å².